The van der Waals surface area contributed by atoms with Crippen molar-refractivity contribution >= 4 is 19.4 Å². The van der Waals surface area contributed by atoms with Crippen molar-refractivity contribution in [2.45, 2.75) is 0 Å². The second kappa shape index (κ2) is 12.7. The summed E-state index contributed by atoms with van der Waals surface area (Å²) in [4.78, 5) is 28.8. The van der Waals surface area contributed by atoms with Crippen LogP contribution in [-0.4, -0.2) is 26.5 Å². The molecule has 0 amide bonds. The molecule has 0 heterocycles. The summed E-state index contributed by atoms with van der Waals surface area (Å²) in [7, 11) is 0.750. The van der Waals surface area contributed by atoms with Gasteiger partial charge < -0.3 is 5.11 Å². The minimum absolute atomic E-state index is 0.0579. The minimum atomic E-state index is -3.09. The first-order valence-corrected chi connectivity index (χ1v) is 4.35. The Kier molecular flexibility index (Phi) is 14.5. The molecule has 0 spiro atoms. The molecule has 0 atom stereocenters. The molecule has 68 valence electrons. The van der Waals surface area contributed by atoms with Crippen molar-refractivity contribution in [3.8, 4) is 0 Å². The first kappa shape index (κ1) is 13.7. The number of rotatable bonds is 6. The van der Waals surface area contributed by atoms with Crippen molar-refractivity contribution in [1.82, 2.24) is 0 Å². The van der Waals surface area contributed by atoms with Crippen LogP contribution in [0.3, 0.4) is 0 Å². The summed E-state index contributed by atoms with van der Waals surface area (Å²) in [6.45, 7) is 0.174. The predicted octanol–water partition coefficient (Wildman–Crippen LogP) is -2.15. The summed E-state index contributed by atoms with van der Waals surface area (Å²) >= 11 is -3.09. The van der Waals surface area contributed by atoms with Gasteiger partial charge in [0.2, 0.25) is 0 Å². The van der Waals surface area contributed by atoms with Gasteiger partial charge in [-0.2, -0.15) is 7.11 Å². The quantitative estimate of drug-likeness (QED) is 0.366. The molecule has 0 saturated heterocycles. The Morgan fingerprint density at radius 3 is 1.33 bits per heavy atom. The van der Waals surface area contributed by atoms with Gasteiger partial charge >= 0.3 is 62.8 Å². The van der Waals surface area contributed by atoms with Crippen LogP contribution in [0.15, 0.2) is 0 Å². The molecule has 0 saturated carbocycles. The molecule has 0 radical (unpaired) electrons. The average Bonchev–Trinajstić information content (AvgIpc) is 2.10. The number of hydrogen-bond acceptors (Lipinski definition) is 7. The fraction of sp³-hybridized carbons (Fsp3) is 0.250. The van der Waals surface area contributed by atoms with Crippen molar-refractivity contribution in [1.29, 1.82) is 0 Å². The fourth-order valence-electron chi connectivity index (χ4n) is 0.201. The summed E-state index contributed by atoms with van der Waals surface area (Å²) in [5.74, 6) is 0. The molecule has 8 heteroatoms. The summed E-state index contributed by atoms with van der Waals surface area (Å²) in [6, 6.07) is 0. The zero-order chi connectivity index (χ0) is 9.82. The van der Waals surface area contributed by atoms with Gasteiger partial charge in [0.1, 0.15) is 0 Å². The van der Waals surface area contributed by atoms with E-state index in [1.54, 1.807) is 0 Å². The van der Waals surface area contributed by atoms with Crippen LogP contribution >= 0.6 is 0 Å². The van der Waals surface area contributed by atoms with E-state index in [0.29, 0.717) is 0 Å². The van der Waals surface area contributed by atoms with Gasteiger partial charge in [-0.15, -0.1) is 0 Å². The van der Waals surface area contributed by atoms with Crippen molar-refractivity contribution in [3.05, 3.63) is 0 Å². The van der Waals surface area contributed by atoms with Gasteiger partial charge in [-0.25, -0.2) is 0 Å². The zero-order valence-electron chi connectivity index (χ0n) is 6.09. The fourth-order valence-corrected chi connectivity index (χ4v) is 0.830. The molecular formula is C4H6O7Ti. The molecule has 12 heavy (non-hydrogen) atoms. The van der Waals surface area contributed by atoms with Gasteiger partial charge in [0, 0.05) is 0 Å². The molecule has 0 aliphatic rings. The zero-order valence-corrected chi connectivity index (χ0v) is 7.65. The van der Waals surface area contributed by atoms with E-state index in [1.165, 1.54) is 0 Å². The summed E-state index contributed by atoms with van der Waals surface area (Å²) < 4.78 is 12.3. The SMILES string of the molecule is C[O-].O=C[O][Ti+]([O]C=O)[O]C=O. The van der Waals surface area contributed by atoms with E-state index in [2.05, 4.69) is 9.96 Å². The molecule has 0 aliphatic carbocycles. The van der Waals surface area contributed by atoms with E-state index < -0.39 is 19.0 Å². The third-order valence-corrected chi connectivity index (χ3v) is 1.79. The maximum atomic E-state index is 9.59. The average molecular weight is 214 g/mol. The van der Waals surface area contributed by atoms with E-state index in [1.807, 2.05) is 0 Å². The number of carbonyl (C=O) groups excluding carboxylic acids is 3. The Morgan fingerprint density at radius 1 is 0.917 bits per heavy atom. The van der Waals surface area contributed by atoms with Crippen LogP contribution in [0.4, 0.5) is 0 Å². The summed E-state index contributed by atoms with van der Waals surface area (Å²) in [6.07, 6.45) is 0. The molecule has 7 nitrogen and oxygen atoms in total. The van der Waals surface area contributed by atoms with Crippen molar-refractivity contribution in [2.75, 3.05) is 7.11 Å². The number of carbonyl (C=O) groups is 3. The van der Waals surface area contributed by atoms with E-state index in [-0.39, 0.29) is 19.4 Å². The van der Waals surface area contributed by atoms with Crippen LogP contribution in [0.1, 0.15) is 0 Å². The second-order valence-corrected chi connectivity index (χ2v) is 2.78. The molecule has 0 fully saturated rings. The first-order chi connectivity index (χ1) is 5.85. The molecule has 0 bridgehead atoms. The van der Waals surface area contributed by atoms with Crippen LogP contribution in [0.25, 0.3) is 0 Å². The van der Waals surface area contributed by atoms with E-state index in [4.69, 9.17) is 5.11 Å². The first-order valence-electron chi connectivity index (χ1n) is 2.43. The predicted molar refractivity (Wildman–Crippen MR) is 27.4 cm³/mol. The molecule has 0 unspecified atom stereocenters. The molecule has 0 aromatic rings. The van der Waals surface area contributed by atoms with Crippen molar-refractivity contribution in [3.63, 3.8) is 0 Å². The second-order valence-electron chi connectivity index (χ2n) is 0.892. The van der Waals surface area contributed by atoms with Crippen LogP contribution in [0.5, 0.6) is 0 Å². The maximum absolute atomic E-state index is 9.59. The molecule has 0 aromatic heterocycles. The Bertz CT molecular complexity index is 103. The topological polar surface area (TPSA) is 102 Å². The van der Waals surface area contributed by atoms with E-state index in [9.17, 15) is 14.4 Å². The van der Waals surface area contributed by atoms with Crippen molar-refractivity contribution < 1.29 is 48.5 Å². The molecule has 0 N–H and O–H groups in total. The van der Waals surface area contributed by atoms with Gasteiger partial charge in [0.05, 0.1) is 0 Å². The Hall–Kier alpha value is -0.916. The van der Waals surface area contributed by atoms with E-state index >= 15 is 0 Å². The Balaban J connectivity index is 0. The van der Waals surface area contributed by atoms with Gasteiger partial charge in [-0.05, 0) is 0 Å². The summed E-state index contributed by atoms with van der Waals surface area (Å²) in [5.41, 5.74) is 0. The third kappa shape index (κ3) is 9.08. The van der Waals surface area contributed by atoms with Crippen molar-refractivity contribution in [2.24, 2.45) is 0 Å². The van der Waals surface area contributed by atoms with Crippen LogP contribution < -0.4 is 5.11 Å². The van der Waals surface area contributed by atoms with Gasteiger partial charge in [0.25, 0.3) is 0 Å². The standard InChI is InChI=1S/3CH2O2.CH3O.Ti/c3*2-1-3;1-2;/h3*1H,(H,2,3);1H3;/q;;;-1;+4/p-3. The Morgan fingerprint density at radius 2 is 1.17 bits per heavy atom. The van der Waals surface area contributed by atoms with Gasteiger partial charge in [0.15, 0.2) is 0 Å². The molecule has 0 rings (SSSR count). The van der Waals surface area contributed by atoms with E-state index in [0.717, 1.165) is 7.11 Å². The third-order valence-electron chi connectivity index (χ3n) is 0.433. The Labute approximate surface area is 75.5 Å². The monoisotopic (exact) mass is 214 g/mol. The van der Waals surface area contributed by atoms with Gasteiger partial charge in [-0.3, -0.25) is 0 Å². The normalized spacial score (nSPS) is 6.50. The number of hydrogen-bond donors (Lipinski definition) is 0. The van der Waals surface area contributed by atoms with Gasteiger partial charge in [-0.1, -0.05) is 0 Å². The molecule has 0 aliphatic heterocycles. The summed E-state index contributed by atoms with van der Waals surface area (Å²) in [5, 5.41) is 8.25. The van der Waals surface area contributed by atoms with Crippen LogP contribution in [-0.2, 0) is 43.4 Å². The van der Waals surface area contributed by atoms with Crippen LogP contribution in [0, 0.1) is 0 Å². The molecule has 0 aromatic carbocycles. The molecular weight excluding hydrogens is 208 g/mol. The van der Waals surface area contributed by atoms with Crippen LogP contribution in [0.2, 0.25) is 0 Å².